The fraction of sp³-hybridized carbons (Fsp3) is 0.167. The molecular formula is C12H10ClN3OS. The molecular weight excluding hydrogens is 270 g/mol. The zero-order chi connectivity index (χ0) is 13.3. The third-order valence-electron chi connectivity index (χ3n) is 2.54. The SMILES string of the molecule is Cc1ccc(-c2nc(C#N)[nH]c2Cl)cc1S(C)=O. The van der Waals surface area contributed by atoms with Gasteiger partial charge in [0.15, 0.2) is 0 Å². The van der Waals surface area contributed by atoms with E-state index in [9.17, 15) is 4.21 Å². The van der Waals surface area contributed by atoms with Crippen LogP contribution in [0.4, 0.5) is 0 Å². The Morgan fingerprint density at radius 2 is 2.22 bits per heavy atom. The van der Waals surface area contributed by atoms with Gasteiger partial charge in [-0.3, -0.25) is 4.21 Å². The molecule has 2 aromatic rings. The van der Waals surface area contributed by atoms with Gasteiger partial charge in [-0.15, -0.1) is 0 Å². The van der Waals surface area contributed by atoms with Gasteiger partial charge in [0.25, 0.3) is 0 Å². The molecule has 1 unspecified atom stereocenters. The quantitative estimate of drug-likeness (QED) is 0.919. The standard InChI is InChI=1S/C12H10ClN3OS/c1-7-3-4-8(5-9(7)18(2)17)11-12(13)16-10(6-14)15-11/h3-5H,1-2H3,(H,15,16). The van der Waals surface area contributed by atoms with Crippen molar-refractivity contribution in [3.05, 3.63) is 34.7 Å². The summed E-state index contributed by atoms with van der Waals surface area (Å²) in [7, 11) is -1.07. The van der Waals surface area contributed by atoms with E-state index in [1.54, 1.807) is 12.3 Å². The molecule has 2 rings (SSSR count). The number of halogens is 1. The van der Waals surface area contributed by atoms with E-state index in [0.29, 0.717) is 10.8 Å². The number of nitrogens with one attached hydrogen (secondary N) is 1. The molecule has 18 heavy (non-hydrogen) atoms. The average Bonchev–Trinajstić information content (AvgIpc) is 2.71. The van der Waals surface area contributed by atoms with E-state index in [-0.39, 0.29) is 5.82 Å². The van der Waals surface area contributed by atoms with Crippen LogP contribution in [-0.4, -0.2) is 20.4 Å². The number of aromatic nitrogens is 2. The van der Waals surface area contributed by atoms with Gasteiger partial charge in [0.2, 0.25) is 5.82 Å². The number of hydrogen-bond acceptors (Lipinski definition) is 3. The Labute approximate surface area is 112 Å². The molecule has 4 nitrogen and oxygen atoms in total. The lowest BCUT2D eigenvalue weighted by Gasteiger charge is -2.05. The highest BCUT2D eigenvalue weighted by molar-refractivity contribution is 7.84. The highest BCUT2D eigenvalue weighted by atomic mass is 35.5. The van der Waals surface area contributed by atoms with E-state index in [0.717, 1.165) is 16.0 Å². The lowest BCUT2D eigenvalue weighted by molar-refractivity contribution is 0.686. The first-order valence-corrected chi connectivity index (χ1v) is 7.06. The van der Waals surface area contributed by atoms with Crippen molar-refractivity contribution < 1.29 is 4.21 Å². The number of aryl methyl sites for hydroxylation is 1. The summed E-state index contributed by atoms with van der Waals surface area (Å²) >= 11 is 5.98. The summed E-state index contributed by atoms with van der Waals surface area (Å²) in [6, 6.07) is 7.39. The molecule has 1 heterocycles. The molecule has 0 saturated carbocycles. The minimum absolute atomic E-state index is 0.162. The van der Waals surface area contributed by atoms with Gasteiger partial charge in [0, 0.05) is 16.7 Å². The number of imidazole rings is 1. The molecule has 1 atom stereocenters. The molecule has 0 radical (unpaired) electrons. The van der Waals surface area contributed by atoms with Gasteiger partial charge < -0.3 is 4.98 Å². The fourth-order valence-corrected chi connectivity index (χ4v) is 2.71. The van der Waals surface area contributed by atoms with Gasteiger partial charge in [-0.05, 0) is 18.6 Å². The van der Waals surface area contributed by atoms with Gasteiger partial charge in [-0.2, -0.15) is 5.26 Å². The number of hydrogen-bond donors (Lipinski definition) is 1. The minimum atomic E-state index is -1.07. The predicted octanol–water partition coefficient (Wildman–Crippen LogP) is 2.65. The second-order valence-electron chi connectivity index (χ2n) is 3.79. The van der Waals surface area contributed by atoms with Crippen LogP contribution in [0, 0.1) is 18.3 Å². The maximum Gasteiger partial charge on any atom is 0.211 e. The summed E-state index contributed by atoms with van der Waals surface area (Å²) in [4.78, 5) is 7.50. The first-order chi connectivity index (χ1) is 8.52. The molecule has 0 fully saturated rings. The Hall–Kier alpha value is -1.64. The molecule has 0 aliphatic rings. The molecule has 0 aliphatic heterocycles. The molecule has 0 aliphatic carbocycles. The minimum Gasteiger partial charge on any atom is -0.320 e. The molecule has 6 heteroatoms. The zero-order valence-electron chi connectivity index (χ0n) is 9.82. The van der Waals surface area contributed by atoms with Crippen molar-refractivity contribution >= 4 is 22.4 Å². The lowest BCUT2D eigenvalue weighted by Crippen LogP contribution is -1.92. The molecule has 0 bridgehead atoms. The summed E-state index contributed by atoms with van der Waals surface area (Å²) in [6.07, 6.45) is 1.62. The van der Waals surface area contributed by atoms with Gasteiger partial charge >= 0.3 is 0 Å². The first kappa shape index (κ1) is 12.8. The largest absolute Gasteiger partial charge is 0.320 e. The second kappa shape index (κ2) is 4.92. The van der Waals surface area contributed by atoms with Crippen LogP contribution in [0.5, 0.6) is 0 Å². The van der Waals surface area contributed by atoms with E-state index in [4.69, 9.17) is 16.9 Å². The van der Waals surface area contributed by atoms with E-state index >= 15 is 0 Å². The smallest absolute Gasteiger partial charge is 0.211 e. The van der Waals surface area contributed by atoms with Crippen LogP contribution in [0.3, 0.4) is 0 Å². The van der Waals surface area contributed by atoms with Crippen LogP contribution < -0.4 is 0 Å². The Morgan fingerprint density at radius 3 is 2.78 bits per heavy atom. The van der Waals surface area contributed by atoms with Crippen molar-refractivity contribution in [2.75, 3.05) is 6.26 Å². The van der Waals surface area contributed by atoms with Gasteiger partial charge in [0.1, 0.15) is 16.9 Å². The van der Waals surface area contributed by atoms with Crippen molar-refractivity contribution in [2.24, 2.45) is 0 Å². The second-order valence-corrected chi connectivity index (χ2v) is 5.52. The van der Waals surface area contributed by atoms with Crippen LogP contribution in [0.15, 0.2) is 23.1 Å². The maximum atomic E-state index is 11.6. The Bertz CT molecular complexity index is 672. The van der Waals surface area contributed by atoms with Crippen molar-refractivity contribution in [3.63, 3.8) is 0 Å². The molecule has 0 saturated heterocycles. The average molecular weight is 280 g/mol. The van der Waals surface area contributed by atoms with Crippen LogP contribution in [0.2, 0.25) is 5.15 Å². The van der Waals surface area contributed by atoms with E-state index < -0.39 is 10.8 Å². The highest BCUT2D eigenvalue weighted by Gasteiger charge is 2.12. The molecule has 1 aromatic heterocycles. The number of aromatic amines is 1. The summed E-state index contributed by atoms with van der Waals surface area (Å²) in [5.74, 6) is 0.162. The van der Waals surface area contributed by atoms with Gasteiger partial charge in [-0.25, -0.2) is 4.98 Å². The van der Waals surface area contributed by atoms with Crippen LogP contribution >= 0.6 is 11.6 Å². The Balaban J connectivity index is 2.58. The number of nitrogens with zero attached hydrogens (tertiary/aromatic N) is 2. The summed E-state index contributed by atoms with van der Waals surface area (Å²) in [5, 5.41) is 9.07. The van der Waals surface area contributed by atoms with Crippen molar-refractivity contribution in [3.8, 4) is 17.3 Å². The first-order valence-electron chi connectivity index (χ1n) is 5.13. The Morgan fingerprint density at radius 1 is 1.50 bits per heavy atom. The third kappa shape index (κ3) is 2.30. The number of benzene rings is 1. The van der Waals surface area contributed by atoms with Crippen molar-refractivity contribution in [2.45, 2.75) is 11.8 Å². The summed E-state index contributed by atoms with van der Waals surface area (Å²) in [6.45, 7) is 1.90. The topological polar surface area (TPSA) is 69.5 Å². The monoisotopic (exact) mass is 279 g/mol. The normalized spacial score (nSPS) is 12.1. The summed E-state index contributed by atoms with van der Waals surface area (Å²) in [5.41, 5.74) is 2.19. The van der Waals surface area contributed by atoms with E-state index in [2.05, 4.69) is 9.97 Å². The lowest BCUT2D eigenvalue weighted by atomic mass is 10.1. The van der Waals surface area contributed by atoms with E-state index in [1.807, 2.05) is 25.1 Å². The maximum absolute atomic E-state index is 11.6. The third-order valence-corrected chi connectivity index (χ3v) is 3.87. The van der Waals surface area contributed by atoms with Gasteiger partial charge in [0.05, 0.1) is 10.8 Å². The van der Waals surface area contributed by atoms with Crippen molar-refractivity contribution in [1.82, 2.24) is 9.97 Å². The number of H-pyrrole nitrogens is 1. The molecule has 1 aromatic carbocycles. The zero-order valence-corrected chi connectivity index (χ0v) is 11.4. The molecule has 0 spiro atoms. The van der Waals surface area contributed by atoms with Crippen LogP contribution in [-0.2, 0) is 10.8 Å². The fourth-order valence-electron chi connectivity index (χ4n) is 1.65. The van der Waals surface area contributed by atoms with Crippen LogP contribution in [0.1, 0.15) is 11.4 Å². The Kier molecular flexibility index (Phi) is 3.50. The van der Waals surface area contributed by atoms with E-state index in [1.165, 1.54) is 0 Å². The summed E-state index contributed by atoms with van der Waals surface area (Å²) < 4.78 is 11.6. The number of nitriles is 1. The highest BCUT2D eigenvalue weighted by Crippen LogP contribution is 2.28. The predicted molar refractivity (Wildman–Crippen MR) is 70.8 cm³/mol. The van der Waals surface area contributed by atoms with Crippen molar-refractivity contribution in [1.29, 1.82) is 5.26 Å². The van der Waals surface area contributed by atoms with Crippen LogP contribution in [0.25, 0.3) is 11.3 Å². The molecule has 1 N–H and O–H groups in total. The molecule has 0 amide bonds. The van der Waals surface area contributed by atoms with Gasteiger partial charge in [-0.1, -0.05) is 23.7 Å². The molecule has 92 valence electrons. The number of rotatable bonds is 2.